The number of esters is 1. The first kappa shape index (κ1) is 13.7. The maximum Gasteiger partial charge on any atom is 0.341 e. The highest BCUT2D eigenvalue weighted by Crippen LogP contribution is 2.32. The molecule has 1 aromatic carbocycles. The van der Waals surface area contributed by atoms with Gasteiger partial charge in [0, 0.05) is 17.7 Å². The topological polar surface area (TPSA) is 51.2 Å². The zero-order valence-corrected chi connectivity index (χ0v) is 12.0. The minimum Gasteiger partial charge on any atom is -0.462 e. The molecule has 0 aliphatic heterocycles. The van der Waals surface area contributed by atoms with Crippen molar-refractivity contribution < 1.29 is 13.9 Å². The number of carbonyl (C=O) groups excluding carboxylic acids is 1. The van der Waals surface area contributed by atoms with Gasteiger partial charge in [-0.05, 0) is 35.0 Å². The van der Waals surface area contributed by atoms with Crippen LogP contribution in [0.3, 0.4) is 0 Å². The number of nitrogens with one attached hydrogen (secondary N) is 1. The van der Waals surface area contributed by atoms with Gasteiger partial charge in [0.05, 0.1) is 23.2 Å². The summed E-state index contributed by atoms with van der Waals surface area (Å²) < 4.78 is 19.6. The van der Waals surface area contributed by atoms with Gasteiger partial charge in [0.1, 0.15) is 11.4 Å². The molecule has 0 fully saturated rings. The molecule has 0 aliphatic rings. The van der Waals surface area contributed by atoms with E-state index in [4.69, 9.17) is 4.74 Å². The van der Waals surface area contributed by atoms with Crippen LogP contribution in [0, 0.1) is 5.82 Å². The smallest absolute Gasteiger partial charge is 0.341 e. The summed E-state index contributed by atoms with van der Waals surface area (Å²) in [5.74, 6) is -0.971. The normalized spacial score (nSPS) is 10.5. The summed E-state index contributed by atoms with van der Waals surface area (Å²) >= 11 is 3.31. The van der Waals surface area contributed by atoms with Crippen LogP contribution in [0.4, 0.5) is 10.1 Å². The van der Waals surface area contributed by atoms with E-state index in [2.05, 4.69) is 26.2 Å². The average molecular weight is 327 g/mol. The zero-order valence-electron chi connectivity index (χ0n) is 10.5. The van der Waals surface area contributed by atoms with E-state index in [1.807, 2.05) is 0 Å². The number of carbonyl (C=O) groups is 1. The number of anilines is 1. The molecule has 0 saturated heterocycles. The van der Waals surface area contributed by atoms with Crippen LogP contribution in [0.1, 0.15) is 17.3 Å². The van der Waals surface area contributed by atoms with Crippen LogP contribution in [0.15, 0.2) is 22.8 Å². The summed E-state index contributed by atoms with van der Waals surface area (Å²) in [7, 11) is 1.62. The van der Waals surface area contributed by atoms with Crippen molar-refractivity contribution in [2.24, 2.45) is 0 Å². The van der Waals surface area contributed by atoms with Crippen molar-refractivity contribution in [2.75, 3.05) is 19.0 Å². The number of fused-ring (bicyclic) bond motifs is 1. The van der Waals surface area contributed by atoms with Gasteiger partial charge in [-0.2, -0.15) is 0 Å². The number of benzene rings is 1. The Labute approximate surface area is 118 Å². The molecular weight excluding hydrogens is 315 g/mol. The number of pyridine rings is 1. The second-order valence-electron chi connectivity index (χ2n) is 3.77. The van der Waals surface area contributed by atoms with E-state index in [1.54, 1.807) is 20.0 Å². The number of aromatic nitrogens is 1. The lowest BCUT2D eigenvalue weighted by Gasteiger charge is -2.12. The van der Waals surface area contributed by atoms with E-state index in [0.29, 0.717) is 15.7 Å². The number of rotatable bonds is 3. The van der Waals surface area contributed by atoms with E-state index in [-0.39, 0.29) is 17.6 Å². The van der Waals surface area contributed by atoms with Crippen molar-refractivity contribution >= 4 is 38.5 Å². The number of nitrogens with zero attached hydrogens (tertiary/aromatic N) is 1. The fourth-order valence-electron chi connectivity index (χ4n) is 1.86. The predicted octanol–water partition coefficient (Wildman–Crippen LogP) is 3.35. The molecule has 2 aromatic rings. The summed E-state index contributed by atoms with van der Waals surface area (Å²) in [6.45, 7) is 1.96. The van der Waals surface area contributed by atoms with Crippen molar-refractivity contribution in [1.29, 1.82) is 0 Å². The summed E-state index contributed by atoms with van der Waals surface area (Å²) in [6.07, 6.45) is 1.39. The highest BCUT2D eigenvalue weighted by molar-refractivity contribution is 9.10. The zero-order chi connectivity index (χ0) is 14.0. The standard InChI is InChI=1S/C13H12BrFN2O2/c1-3-19-13(18)7-6-17-12-8(14)4-5-9(15)10(12)11(7)16-2/h4-6H,3H2,1-2H3,(H,16,17). The fourth-order valence-corrected chi connectivity index (χ4v) is 2.29. The monoisotopic (exact) mass is 326 g/mol. The molecule has 1 aromatic heterocycles. The van der Waals surface area contributed by atoms with Gasteiger partial charge in [-0.25, -0.2) is 9.18 Å². The van der Waals surface area contributed by atoms with Crippen molar-refractivity contribution in [2.45, 2.75) is 6.92 Å². The lowest BCUT2D eigenvalue weighted by molar-refractivity contribution is 0.0527. The first-order chi connectivity index (χ1) is 9.10. The molecule has 0 unspecified atom stereocenters. The van der Waals surface area contributed by atoms with Gasteiger partial charge in [0.25, 0.3) is 0 Å². The van der Waals surface area contributed by atoms with Gasteiger partial charge in [-0.3, -0.25) is 4.98 Å². The van der Waals surface area contributed by atoms with Gasteiger partial charge in [-0.1, -0.05) is 0 Å². The second kappa shape index (κ2) is 5.52. The summed E-state index contributed by atoms with van der Waals surface area (Å²) in [5.41, 5.74) is 1.05. The van der Waals surface area contributed by atoms with Crippen LogP contribution in [0.5, 0.6) is 0 Å². The van der Waals surface area contributed by atoms with E-state index in [0.717, 1.165) is 0 Å². The Morgan fingerprint density at radius 3 is 2.89 bits per heavy atom. The van der Waals surface area contributed by atoms with Crippen molar-refractivity contribution in [1.82, 2.24) is 4.98 Å². The molecule has 2 rings (SSSR count). The summed E-state index contributed by atoms with van der Waals surface area (Å²) in [6, 6.07) is 2.90. The van der Waals surface area contributed by atoms with Crippen LogP contribution >= 0.6 is 15.9 Å². The molecule has 1 heterocycles. The SMILES string of the molecule is CCOC(=O)c1cnc2c(Br)ccc(F)c2c1NC. The molecule has 100 valence electrons. The quantitative estimate of drug-likeness (QED) is 0.879. The van der Waals surface area contributed by atoms with Crippen LogP contribution in [-0.2, 0) is 4.74 Å². The molecule has 0 bridgehead atoms. The van der Waals surface area contributed by atoms with Crippen LogP contribution in [0.25, 0.3) is 10.9 Å². The Balaban J connectivity index is 2.76. The average Bonchev–Trinajstić information content (AvgIpc) is 2.41. The molecule has 0 saturated carbocycles. The molecule has 0 amide bonds. The van der Waals surface area contributed by atoms with Crippen molar-refractivity contribution in [3.8, 4) is 0 Å². The minimum atomic E-state index is -0.527. The van der Waals surface area contributed by atoms with Gasteiger partial charge in [0.2, 0.25) is 0 Å². The predicted molar refractivity (Wildman–Crippen MR) is 74.9 cm³/mol. The molecule has 19 heavy (non-hydrogen) atoms. The fraction of sp³-hybridized carbons (Fsp3) is 0.231. The molecule has 0 radical (unpaired) electrons. The highest BCUT2D eigenvalue weighted by atomic mass is 79.9. The number of halogens is 2. The van der Waals surface area contributed by atoms with E-state index in [9.17, 15) is 9.18 Å². The number of hydrogen-bond donors (Lipinski definition) is 1. The van der Waals surface area contributed by atoms with Crippen LogP contribution in [0.2, 0.25) is 0 Å². The van der Waals surface area contributed by atoms with Gasteiger partial charge in [0.15, 0.2) is 0 Å². The maximum absolute atomic E-state index is 14.0. The lowest BCUT2D eigenvalue weighted by Crippen LogP contribution is -2.09. The third-order valence-corrected chi connectivity index (χ3v) is 3.31. The third kappa shape index (κ3) is 2.40. The molecule has 6 heteroatoms. The summed E-state index contributed by atoms with van der Waals surface area (Å²) in [4.78, 5) is 16.0. The van der Waals surface area contributed by atoms with E-state index < -0.39 is 11.8 Å². The van der Waals surface area contributed by atoms with E-state index >= 15 is 0 Å². The first-order valence-electron chi connectivity index (χ1n) is 5.71. The Kier molecular flexibility index (Phi) is 3.99. The lowest BCUT2D eigenvalue weighted by atomic mass is 10.1. The minimum absolute atomic E-state index is 0.217. The third-order valence-electron chi connectivity index (χ3n) is 2.67. The molecule has 4 nitrogen and oxygen atoms in total. The molecule has 0 aliphatic carbocycles. The van der Waals surface area contributed by atoms with Crippen molar-refractivity contribution in [3.63, 3.8) is 0 Å². The largest absolute Gasteiger partial charge is 0.462 e. The molecule has 0 spiro atoms. The van der Waals surface area contributed by atoms with Gasteiger partial charge in [-0.15, -0.1) is 0 Å². The van der Waals surface area contributed by atoms with Crippen LogP contribution < -0.4 is 5.32 Å². The number of hydrogen-bond acceptors (Lipinski definition) is 4. The maximum atomic E-state index is 14.0. The summed E-state index contributed by atoms with van der Waals surface area (Å²) in [5, 5.41) is 3.11. The first-order valence-corrected chi connectivity index (χ1v) is 6.51. The van der Waals surface area contributed by atoms with E-state index in [1.165, 1.54) is 12.3 Å². The Morgan fingerprint density at radius 1 is 1.53 bits per heavy atom. The molecule has 0 atom stereocenters. The Hall–Kier alpha value is -1.69. The Bertz CT molecular complexity index is 646. The van der Waals surface area contributed by atoms with Gasteiger partial charge < -0.3 is 10.1 Å². The molecule has 1 N–H and O–H groups in total. The Morgan fingerprint density at radius 2 is 2.26 bits per heavy atom. The molecular formula is C13H12BrFN2O2. The van der Waals surface area contributed by atoms with Gasteiger partial charge >= 0.3 is 5.97 Å². The highest BCUT2D eigenvalue weighted by Gasteiger charge is 2.19. The van der Waals surface area contributed by atoms with Crippen molar-refractivity contribution in [3.05, 3.63) is 34.2 Å². The van der Waals surface area contributed by atoms with Crippen LogP contribution in [-0.4, -0.2) is 24.6 Å². The number of ether oxygens (including phenoxy) is 1. The second-order valence-corrected chi connectivity index (χ2v) is 4.62.